The molecule has 6 nitrogen and oxygen atoms in total. The summed E-state index contributed by atoms with van der Waals surface area (Å²) in [5.41, 5.74) is 1.92. The van der Waals surface area contributed by atoms with Crippen LogP contribution in [0.25, 0.3) is 10.6 Å². The molecule has 0 aliphatic rings. The van der Waals surface area contributed by atoms with Crippen LogP contribution in [0.1, 0.15) is 15.2 Å². The van der Waals surface area contributed by atoms with Crippen LogP contribution in [0.3, 0.4) is 0 Å². The molecular formula is C17H18N4O2S. The molecule has 0 spiro atoms. The van der Waals surface area contributed by atoms with Crippen LogP contribution in [-0.2, 0) is 13.5 Å². The van der Waals surface area contributed by atoms with Crippen molar-refractivity contribution in [2.45, 2.75) is 12.5 Å². The Morgan fingerprint density at radius 3 is 2.83 bits per heavy atom. The molecule has 1 atom stereocenters. The van der Waals surface area contributed by atoms with E-state index in [2.05, 4.69) is 15.4 Å². The predicted octanol–water partition coefficient (Wildman–Crippen LogP) is 1.88. The molecule has 1 aromatic carbocycles. The van der Waals surface area contributed by atoms with Gasteiger partial charge in [0.25, 0.3) is 5.91 Å². The minimum atomic E-state index is -0.623. The summed E-state index contributed by atoms with van der Waals surface area (Å²) in [4.78, 5) is 17.0. The third kappa shape index (κ3) is 4.06. The van der Waals surface area contributed by atoms with Gasteiger partial charge in [0, 0.05) is 31.8 Å². The van der Waals surface area contributed by atoms with Crippen LogP contribution in [0.15, 0.2) is 48.9 Å². The molecule has 2 heterocycles. The first-order valence-corrected chi connectivity index (χ1v) is 8.38. The van der Waals surface area contributed by atoms with E-state index in [1.165, 1.54) is 11.3 Å². The Morgan fingerprint density at radius 2 is 2.12 bits per heavy atom. The molecule has 1 unspecified atom stereocenters. The van der Waals surface area contributed by atoms with Crippen LogP contribution in [0.5, 0.6) is 0 Å². The SMILES string of the molecule is Cn1cc(-c2ncc(C(=O)NCC(O)Cc3ccccc3)s2)cn1. The van der Waals surface area contributed by atoms with Gasteiger partial charge in [0.2, 0.25) is 0 Å². The van der Waals surface area contributed by atoms with Crippen LogP contribution >= 0.6 is 11.3 Å². The van der Waals surface area contributed by atoms with Gasteiger partial charge in [-0.1, -0.05) is 30.3 Å². The zero-order valence-electron chi connectivity index (χ0n) is 13.2. The van der Waals surface area contributed by atoms with Gasteiger partial charge in [0.1, 0.15) is 9.88 Å². The van der Waals surface area contributed by atoms with Crippen molar-refractivity contribution in [2.24, 2.45) is 7.05 Å². The van der Waals surface area contributed by atoms with Crippen molar-refractivity contribution in [2.75, 3.05) is 6.54 Å². The number of hydrogen-bond donors (Lipinski definition) is 2. The summed E-state index contributed by atoms with van der Waals surface area (Å²) in [6.07, 6.45) is 4.99. The summed E-state index contributed by atoms with van der Waals surface area (Å²) >= 11 is 1.30. The fourth-order valence-corrected chi connectivity index (χ4v) is 3.11. The number of benzene rings is 1. The van der Waals surface area contributed by atoms with Crippen LogP contribution < -0.4 is 5.32 Å². The van der Waals surface area contributed by atoms with E-state index in [9.17, 15) is 9.90 Å². The topological polar surface area (TPSA) is 80.0 Å². The van der Waals surface area contributed by atoms with Crippen LogP contribution in [0.4, 0.5) is 0 Å². The number of aromatic nitrogens is 3. The molecule has 0 saturated carbocycles. The van der Waals surface area contributed by atoms with Crippen molar-refractivity contribution in [3.05, 3.63) is 59.4 Å². The van der Waals surface area contributed by atoms with Gasteiger partial charge in [0.05, 0.1) is 18.5 Å². The monoisotopic (exact) mass is 342 g/mol. The normalized spacial score (nSPS) is 12.1. The highest BCUT2D eigenvalue weighted by molar-refractivity contribution is 7.16. The van der Waals surface area contributed by atoms with Crippen molar-refractivity contribution >= 4 is 17.2 Å². The average Bonchev–Trinajstić information content (AvgIpc) is 3.22. The van der Waals surface area contributed by atoms with E-state index < -0.39 is 6.10 Å². The first-order valence-electron chi connectivity index (χ1n) is 7.57. The molecule has 0 fully saturated rings. The maximum absolute atomic E-state index is 12.2. The zero-order valence-corrected chi connectivity index (χ0v) is 14.0. The van der Waals surface area contributed by atoms with E-state index in [-0.39, 0.29) is 12.5 Å². The lowest BCUT2D eigenvalue weighted by Crippen LogP contribution is -2.32. The van der Waals surface area contributed by atoms with E-state index >= 15 is 0 Å². The van der Waals surface area contributed by atoms with Gasteiger partial charge in [-0.2, -0.15) is 5.10 Å². The summed E-state index contributed by atoms with van der Waals surface area (Å²) in [5.74, 6) is -0.227. The molecule has 1 amide bonds. The number of aryl methyl sites for hydroxylation is 1. The quantitative estimate of drug-likeness (QED) is 0.717. The van der Waals surface area contributed by atoms with Gasteiger partial charge in [0.15, 0.2) is 0 Å². The van der Waals surface area contributed by atoms with E-state index in [1.54, 1.807) is 17.1 Å². The number of nitrogens with one attached hydrogen (secondary N) is 1. The smallest absolute Gasteiger partial charge is 0.263 e. The molecule has 0 saturated heterocycles. The molecule has 0 aliphatic heterocycles. The number of thiazole rings is 1. The molecule has 2 N–H and O–H groups in total. The molecule has 7 heteroatoms. The fraction of sp³-hybridized carbons (Fsp3) is 0.235. The van der Waals surface area contributed by atoms with Crippen LogP contribution in [0.2, 0.25) is 0 Å². The number of nitrogens with zero attached hydrogens (tertiary/aromatic N) is 3. The molecule has 3 aromatic rings. The van der Waals surface area contributed by atoms with Crippen LogP contribution in [0, 0.1) is 0 Å². The fourth-order valence-electron chi connectivity index (χ4n) is 2.30. The van der Waals surface area contributed by atoms with E-state index in [0.717, 1.165) is 16.1 Å². The molecule has 3 rings (SSSR count). The summed E-state index contributed by atoms with van der Waals surface area (Å²) in [6.45, 7) is 0.202. The Morgan fingerprint density at radius 1 is 1.33 bits per heavy atom. The summed E-state index contributed by atoms with van der Waals surface area (Å²) < 4.78 is 1.69. The van der Waals surface area contributed by atoms with Crippen molar-refractivity contribution < 1.29 is 9.90 Å². The molecule has 24 heavy (non-hydrogen) atoms. The summed E-state index contributed by atoms with van der Waals surface area (Å²) in [7, 11) is 1.83. The second kappa shape index (κ2) is 7.37. The number of aliphatic hydroxyl groups excluding tert-OH is 1. The Bertz CT molecular complexity index is 813. The van der Waals surface area contributed by atoms with Gasteiger partial charge in [-0.05, 0) is 5.56 Å². The highest BCUT2D eigenvalue weighted by Gasteiger charge is 2.14. The molecule has 0 aliphatic carbocycles. The minimum Gasteiger partial charge on any atom is -0.391 e. The predicted molar refractivity (Wildman–Crippen MR) is 92.8 cm³/mol. The van der Waals surface area contributed by atoms with E-state index in [1.807, 2.05) is 43.6 Å². The van der Waals surface area contributed by atoms with Gasteiger partial charge >= 0.3 is 0 Å². The first-order chi connectivity index (χ1) is 11.6. The second-order valence-corrected chi connectivity index (χ2v) is 6.52. The van der Waals surface area contributed by atoms with Crippen molar-refractivity contribution in [1.29, 1.82) is 0 Å². The van der Waals surface area contributed by atoms with Gasteiger partial charge in [-0.3, -0.25) is 9.48 Å². The lowest BCUT2D eigenvalue weighted by atomic mass is 10.1. The summed E-state index contributed by atoms with van der Waals surface area (Å²) in [5, 5.41) is 17.6. The zero-order chi connectivity index (χ0) is 16.9. The van der Waals surface area contributed by atoms with Crippen molar-refractivity contribution in [3.63, 3.8) is 0 Å². The van der Waals surface area contributed by atoms with Gasteiger partial charge in [-0.15, -0.1) is 11.3 Å². The van der Waals surface area contributed by atoms with E-state index in [0.29, 0.717) is 11.3 Å². The Hall–Kier alpha value is -2.51. The molecule has 124 valence electrons. The maximum atomic E-state index is 12.2. The Labute approximate surface area is 143 Å². The largest absolute Gasteiger partial charge is 0.391 e. The van der Waals surface area contributed by atoms with Gasteiger partial charge in [-0.25, -0.2) is 4.98 Å². The van der Waals surface area contributed by atoms with Crippen LogP contribution in [-0.4, -0.2) is 38.4 Å². The highest BCUT2D eigenvalue weighted by atomic mass is 32.1. The number of carbonyl (C=O) groups excluding carboxylic acids is 1. The highest BCUT2D eigenvalue weighted by Crippen LogP contribution is 2.24. The number of aliphatic hydroxyl groups is 1. The average molecular weight is 342 g/mol. The maximum Gasteiger partial charge on any atom is 0.263 e. The van der Waals surface area contributed by atoms with E-state index in [4.69, 9.17) is 0 Å². The first kappa shape index (κ1) is 16.4. The molecular weight excluding hydrogens is 324 g/mol. The number of amides is 1. The molecule has 0 bridgehead atoms. The molecule has 0 radical (unpaired) electrons. The number of rotatable bonds is 6. The minimum absolute atomic E-state index is 0.202. The van der Waals surface area contributed by atoms with Gasteiger partial charge < -0.3 is 10.4 Å². The lowest BCUT2D eigenvalue weighted by molar-refractivity contribution is 0.0919. The standard InChI is InChI=1S/C17H18N4O2S/c1-21-11-13(8-20-21)17-19-10-15(24-17)16(23)18-9-14(22)7-12-5-3-2-4-6-12/h2-6,8,10-11,14,22H,7,9H2,1H3,(H,18,23). The van der Waals surface area contributed by atoms with Crippen molar-refractivity contribution in [1.82, 2.24) is 20.1 Å². The lowest BCUT2D eigenvalue weighted by Gasteiger charge is -2.11. The third-order valence-electron chi connectivity index (χ3n) is 3.49. The van der Waals surface area contributed by atoms with Crippen molar-refractivity contribution in [3.8, 4) is 10.6 Å². The second-order valence-electron chi connectivity index (χ2n) is 5.49. The third-order valence-corrected chi connectivity index (χ3v) is 4.54. The summed E-state index contributed by atoms with van der Waals surface area (Å²) in [6, 6.07) is 9.69. The molecule has 2 aromatic heterocycles. The number of hydrogen-bond acceptors (Lipinski definition) is 5. The number of carbonyl (C=O) groups is 1. The Balaban J connectivity index is 1.54. The Kier molecular flexibility index (Phi) is 5.02.